The number of carbonyl (C=O) groups excluding carboxylic acids is 2. The molecule has 142 valence electrons. The predicted molar refractivity (Wildman–Crippen MR) is 85.9 cm³/mol. The van der Waals surface area contributed by atoms with E-state index < -0.39 is 29.3 Å². The number of aliphatic hydroxyl groups is 1. The number of ether oxygens (including phenoxy) is 1. The van der Waals surface area contributed by atoms with Crippen molar-refractivity contribution in [2.45, 2.75) is 25.3 Å². The molecule has 9 heteroatoms. The minimum atomic E-state index is -5.17. The van der Waals surface area contributed by atoms with E-state index in [1.165, 1.54) is 30.3 Å². The van der Waals surface area contributed by atoms with Gasteiger partial charge in [0.05, 0.1) is 5.56 Å². The smallest absolute Gasteiger partial charge is 0.426 e. The van der Waals surface area contributed by atoms with Gasteiger partial charge in [0, 0.05) is 22.9 Å². The van der Waals surface area contributed by atoms with E-state index in [0.29, 0.717) is 6.92 Å². The van der Waals surface area contributed by atoms with Gasteiger partial charge in [0.1, 0.15) is 18.2 Å². The zero-order valence-corrected chi connectivity index (χ0v) is 13.9. The van der Waals surface area contributed by atoms with Crippen molar-refractivity contribution in [3.63, 3.8) is 0 Å². The average Bonchev–Trinajstić information content (AvgIpc) is 2.72. The Bertz CT molecular complexity index is 937. The van der Waals surface area contributed by atoms with E-state index in [4.69, 9.17) is 4.74 Å². The zero-order chi connectivity index (χ0) is 20.0. The molecule has 0 aromatic heterocycles. The first-order valence-electron chi connectivity index (χ1n) is 7.72. The van der Waals surface area contributed by atoms with Crippen LogP contribution in [0.4, 0.5) is 23.2 Å². The number of halogens is 4. The van der Waals surface area contributed by atoms with Gasteiger partial charge in [-0.15, -0.1) is 0 Å². The second kappa shape index (κ2) is 6.34. The highest BCUT2D eigenvalue weighted by Gasteiger charge is 2.55. The van der Waals surface area contributed by atoms with Gasteiger partial charge in [-0.2, -0.15) is 13.2 Å². The Kier molecular flexibility index (Phi) is 4.43. The number of amides is 1. The van der Waals surface area contributed by atoms with E-state index >= 15 is 0 Å². The quantitative estimate of drug-likeness (QED) is 0.781. The van der Waals surface area contributed by atoms with Crippen LogP contribution in [-0.4, -0.2) is 28.6 Å². The van der Waals surface area contributed by atoms with Gasteiger partial charge < -0.3 is 15.2 Å². The number of hydrogen-bond donors (Lipinski definition) is 2. The van der Waals surface area contributed by atoms with Crippen molar-refractivity contribution < 1.29 is 37.0 Å². The summed E-state index contributed by atoms with van der Waals surface area (Å²) in [6.45, 7) is 0.0592. The lowest BCUT2D eigenvalue weighted by Gasteiger charge is -2.25. The van der Waals surface area contributed by atoms with E-state index in [9.17, 15) is 32.3 Å². The number of hydrogen-bond acceptors (Lipinski definition) is 4. The normalized spacial score (nSPS) is 15.7. The Hall–Kier alpha value is -2.94. The van der Waals surface area contributed by atoms with Crippen LogP contribution < -0.4 is 10.1 Å². The maximum absolute atomic E-state index is 13.9. The van der Waals surface area contributed by atoms with Crippen LogP contribution in [0.3, 0.4) is 0 Å². The summed E-state index contributed by atoms with van der Waals surface area (Å²) in [5.74, 6) is -2.86. The molecule has 1 aliphatic rings. The van der Waals surface area contributed by atoms with Crippen LogP contribution in [0.5, 0.6) is 5.75 Å². The summed E-state index contributed by atoms with van der Waals surface area (Å²) >= 11 is 0. The monoisotopic (exact) mass is 383 g/mol. The van der Waals surface area contributed by atoms with Crippen LogP contribution >= 0.6 is 0 Å². The second-order valence-electron chi connectivity index (χ2n) is 6.12. The van der Waals surface area contributed by atoms with Crippen LogP contribution in [-0.2, 0) is 11.4 Å². The summed E-state index contributed by atoms with van der Waals surface area (Å²) in [5, 5.41) is 11.3. The molecule has 0 bridgehead atoms. The third kappa shape index (κ3) is 3.25. The van der Waals surface area contributed by atoms with Crippen molar-refractivity contribution in [3.05, 3.63) is 58.9 Å². The Morgan fingerprint density at radius 3 is 2.56 bits per heavy atom. The molecule has 5 nitrogen and oxygen atoms in total. The maximum Gasteiger partial charge on any atom is 0.426 e. The van der Waals surface area contributed by atoms with Crippen molar-refractivity contribution in [2.24, 2.45) is 0 Å². The molecule has 1 unspecified atom stereocenters. The second-order valence-corrected chi connectivity index (χ2v) is 6.12. The number of anilines is 1. The molecule has 0 radical (unpaired) electrons. The average molecular weight is 383 g/mol. The van der Waals surface area contributed by atoms with Gasteiger partial charge >= 0.3 is 6.18 Å². The number of rotatable bonds is 2. The largest absolute Gasteiger partial charge is 0.488 e. The van der Waals surface area contributed by atoms with E-state index in [2.05, 4.69) is 0 Å². The first-order chi connectivity index (χ1) is 12.5. The highest BCUT2D eigenvalue weighted by atomic mass is 19.4. The Morgan fingerprint density at radius 2 is 1.89 bits per heavy atom. The Labute approximate surface area is 150 Å². The first kappa shape index (κ1) is 18.8. The van der Waals surface area contributed by atoms with Gasteiger partial charge in [0.25, 0.3) is 5.91 Å². The minimum Gasteiger partial charge on any atom is -0.488 e. The summed E-state index contributed by atoms with van der Waals surface area (Å²) in [7, 11) is 0. The highest BCUT2D eigenvalue weighted by Crippen LogP contribution is 2.34. The van der Waals surface area contributed by atoms with Gasteiger partial charge in [-0.25, -0.2) is 4.39 Å². The molecule has 0 fully saturated rings. The molecule has 27 heavy (non-hydrogen) atoms. The SMILES string of the molecule is CC(O)(C(=O)Nc1ccc2c(c1)OCc1c(F)cccc1C2=O)C(F)(F)F. The van der Waals surface area contributed by atoms with Gasteiger partial charge in [0.2, 0.25) is 5.60 Å². The number of alkyl halides is 3. The molecule has 3 rings (SSSR count). The van der Waals surface area contributed by atoms with Gasteiger partial charge in [-0.3, -0.25) is 9.59 Å². The van der Waals surface area contributed by atoms with E-state index in [0.717, 1.165) is 6.07 Å². The van der Waals surface area contributed by atoms with Gasteiger partial charge in [-0.05, 0) is 25.1 Å². The third-order valence-corrected chi connectivity index (χ3v) is 4.21. The molecule has 0 saturated carbocycles. The van der Waals surface area contributed by atoms with Gasteiger partial charge in [0.15, 0.2) is 5.78 Å². The van der Waals surface area contributed by atoms with Crippen molar-refractivity contribution in [2.75, 3.05) is 5.32 Å². The van der Waals surface area contributed by atoms with Crippen LogP contribution in [0.1, 0.15) is 28.4 Å². The number of fused-ring (bicyclic) bond motifs is 2. The van der Waals surface area contributed by atoms with Gasteiger partial charge in [-0.1, -0.05) is 12.1 Å². The lowest BCUT2D eigenvalue weighted by atomic mass is 9.98. The molecular formula is C18H13F4NO4. The molecular weight excluding hydrogens is 370 g/mol. The molecule has 2 aromatic carbocycles. The third-order valence-electron chi connectivity index (χ3n) is 4.21. The van der Waals surface area contributed by atoms with Crippen molar-refractivity contribution in [1.82, 2.24) is 0 Å². The summed E-state index contributed by atoms with van der Waals surface area (Å²) in [4.78, 5) is 24.3. The van der Waals surface area contributed by atoms with Crippen molar-refractivity contribution in [3.8, 4) is 5.75 Å². The Morgan fingerprint density at radius 1 is 1.19 bits per heavy atom. The standard InChI is InChI=1S/C18H13F4NO4/c1-17(26,18(20,21)22)16(25)23-9-5-6-11-14(7-9)27-8-12-10(15(11)24)3-2-4-13(12)19/h2-7,26H,8H2,1H3,(H,23,25). The summed E-state index contributed by atoms with van der Waals surface area (Å²) in [5.41, 5.74) is -3.48. The fourth-order valence-corrected chi connectivity index (χ4v) is 2.50. The van der Waals surface area contributed by atoms with Crippen molar-refractivity contribution >= 4 is 17.4 Å². The molecule has 1 aliphatic heterocycles. The summed E-state index contributed by atoms with van der Waals surface area (Å²) in [6.07, 6.45) is -5.17. The van der Waals surface area contributed by atoms with E-state index in [1.807, 2.05) is 5.32 Å². The number of nitrogens with one attached hydrogen (secondary N) is 1. The van der Waals surface area contributed by atoms with Crippen LogP contribution in [0.2, 0.25) is 0 Å². The first-order valence-corrected chi connectivity index (χ1v) is 7.72. The number of carbonyl (C=O) groups is 2. The van der Waals surface area contributed by atoms with E-state index in [-0.39, 0.29) is 34.7 Å². The summed E-state index contributed by atoms with van der Waals surface area (Å²) in [6, 6.07) is 7.57. The predicted octanol–water partition coefficient (Wildman–Crippen LogP) is 3.20. The molecule has 0 saturated heterocycles. The molecule has 1 amide bonds. The number of ketones is 1. The van der Waals surface area contributed by atoms with E-state index in [1.54, 1.807) is 0 Å². The summed E-state index contributed by atoms with van der Waals surface area (Å²) < 4.78 is 57.5. The number of benzene rings is 2. The lowest BCUT2D eigenvalue weighted by molar-refractivity contribution is -0.242. The van der Waals surface area contributed by atoms with Crippen molar-refractivity contribution in [1.29, 1.82) is 0 Å². The topological polar surface area (TPSA) is 75.6 Å². The fraction of sp³-hybridized carbons (Fsp3) is 0.222. The molecule has 0 aliphatic carbocycles. The Balaban J connectivity index is 1.91. The van der Waals surface area contributed by atoms with Crippen LogP contribution in [0, 0.1) is 5.82 Å². The molecule has 1 atom stereocenters. The lowest BCUT2D eigenvalue weighted by Crippen LogP contribution is -2.52. The maximum atomic E-state index is 13.9. The van der Waals surface area contributed by atoms with Crippen LogP contribution in [0.25, 0.3) is 0 Å². The molecule has 2 aromatic rings. The molecule has 1 heterocycles. The molecule has 2 N–H and O–H groups in total. The highest BCUT2D eigenvalue weighted by molar-refractivity contribution is 6.12. The van der Waals surface area contributed by atoms with Crippen LogP contribution in [0.15, 0.2) is 36.4 Å². The zero-order valence-electron chi connectivity index (χ0n) is 13.9. The fourth-order valence-electron chi connectivity index (χ4n) is 2.50. The minimum absolute atomic E-state index is 0.0277. The molecule has 0 spiro atoms.